The maximum absolute atomic E-state index is 13.7. The molecular formula is C13H7F2N3O2. The van der Waals surface area contributed by atoms with Crippen LogP contribution in [0, 0.1) is 11.6 Å². The van der Waals surface area contributed by atoms with E-state index in [0.717, 1.165) is 12.1 Å². The van der Waals surface area contributed by atoms with Crippen molar-refractivity contribution in [2.24, 2.45) is 0 Å². The number of hydrogen-bond donors (Lipinski definition) is 2. The van der Waals surface area contributed by atoms with Crippen LogP contribution >= 0.6 is 0 Å². The van der Waals surface area contributed by atoms with E-state index in [2.05, 4.69) is 15.0 Å². The highest BCUT2D eigenvalue weighted by Crippen LogP contribution is 2.26. The Morgan fingerprint density at radius 3 is 2.55 bits per heavy atom. The minimum atomic E-state index is -1.18. The molecule has 0 radical (unpaired) electrons. The minimum Gasteiger partial charge on any atom is -0.478 e. The van der Waals surface area contributed by atoms with Crippen molar-refractivity contribution in [2.75, 3.05) is 0 Å². The summed E-state index contributed by atoms with van der Waals surface area (Å²) < 4.78 is 27.4. The molecule has 100 valence electrons. The molecule has 2 N–H and O–H groups in total. The van der Waals surface area contributed by atoms with Crippen LogP contribution in [0.2, 0.25) is 0 Å². The van der Waals surface area contributed by atoms with Crippen LogP contribution in [0.25, 0.3) is 22.6 Å². The van der Waals surface area contributed by atoms with E-state index in [1.54, 1.807) is 0 Å². The van der Waals surface area contributed by atoms with Crippen LogP contribution in [-0.4, -0.2) is 26.0 Å². The number of hydrogen-bond acceptors (Lipinski definition) is 3. The lowest BCUT2D eigenvalue weighted by Crippen LogP contribution is -1.97. The second kappa shape index (κ2) is 4.37. The second-order valence-corrected chi connectivity index (χ2v) is 4.04. The predicted molar refractivity (Wildman–Crippen MR) is 66.2 cm³/mol. The lowest BCUT2D eigenvalue weighted by molar-refractivity contribution is 0.0698. The molecule has 0 fully saturated rings. The monoisotopic (exact) mass is 275 g/mol. The molecule has 0 aliphatic heterocycles. The molecule has 0 bridgehead atoms. The number of aromatic amines is 1. The van der Waals surface area contributed by atoms with Gasteiger partial charge in [0, 0.05) is 6.20 Å². The Morgan fingerprint density at radius 2 is 1.90 bits per heavy atom. The number of carboxylic acid groups (broad SMARTS) is 1. The summed E-state index contributed by atoms with van der Waals surface area (Å²) >= 11 is 0. The van der Waals surface area contributed by atoms with Crippen LogP contribution in [0.5, 0.6) is 0 Å². The fourth-order valence-electron chi connectivity index (χ4n) is 1.93. The van der Waals surface area contributed by atoms with Crippen molar-refractivity contribution in [1.82, 2.24) is 15.0 Å². The maximum atomic E-state index is 13.7. The van der Waals surface area contributed by atoms with Crippen molar-refractivity contribution in [1.29, 1.82) is 0 Å². The van der Waals surface area contributed by atoms with Gasteiger partial charge < -0.3 is 10.1 Å². The van der Waals surface area contributed by atoms with Crippen LogP contribution < -0.4 is 0 Å². The lowest BCUT2D eigenvalue weighted by Gasteiger charge is -2.00. The molecule has 3 rings (SSSR count). The average Bonchev–Trinajstić information content (AvgIpc) is 2.81. The summed E-state index contributed by atoms with van der Waals surface area (Å²) in [4.78, 5) is 21.5. The van der Waals surface area contributed by atoms with E-state index in [4.69, 9.17) is 5.11 Å². The predicted octanol–water partition coefficient (Wildman–Crippen LogP) is 2.60. The van der Waals surface area contributed by atoms with E-state index < -0.39 is 17.6 Å². The number of pyridine rings is 1. The van der Waals surface area contributed by atoms with Gasteiger partial charge in [0.2, 0.25) is 0 Å². The molecule has 2 heterocycles. The SMILES string of the molecule is O=C(O)c1ccnc2nc(-c3c(F)cccc3F)[nH]c12. The molecule has 7 heteroatoms. The third-order valence-electron chi connectivity index (χ3n) is 2.82. The van der Waals surface area contributed by atoms with Gasteiger partial charge >= 0.3 is 5.97 Å². The number of aromatic carboxylic acids is 1. The number of benzene rings is 1. The molecule has 0 saturated heterocycles. The Morgan fingerprint density at radius 1 is 1.20 bits per heavy atom. The van der Waals surface area contributed by atoms with E-state index in [1.807, 2.05) is 0 Å². The van der Waals surface area contributed by atoms with Gasteiger partial charge in [0.05, 0.1) is 16.6 Å². The van der Waals surface area contributed by atoms with E-state index in [9.17, 15) is 13.6 Å². The fourth-order valence-corrected chi connectivity index (χ4v) is 1.93. The van der Waals surface area contributed by atoms with Crippen molar-refractivity contribution < 1.29 is 18.7 Å². The Bertz CT molecular complexity index is 809. The standard InChI is InChI=1S/C13H7F2N3O2/c14-7-2-1-3-8(15)9(7)11-17-10-6(13(19)20)4-5-16-12(10)18-11/h1-5H,(H,19,20)(H,16,17,18). The second-order valence-electron chi connectivity index (χ2n) is 4.04. The summed E-state index contributed by atoms with van der Waals surface area (Å²) in [5.74, 6) is -2.86. The fraction of sp³-hybridized carbons (Fsp3) is 0. The summed E-state index contributed by atoms with van der Waals surface area (Å²) in [5.41, 5.74) is -0.201. The first kappa shape index (κ1) is 12.2. The van der Waals surface area contributed by atoms with Crippen LogP contribution in [0.3, 0.4) is 0 Å². The van der Waals surface area contributed by atoms with Crippen molar-refractivity contribution in [3.05, 3.63) is 47.7 Å². The lowest BCUT2D eigenvalue weighted by atomic mass is 10.2. The highest BCUT2D eigenvalue weighted by atomic mass is 19.1. The van der Waals surface area contributed by atoms with Crippen LogP contribution in [0.4, 0.5) is 8.78 Å². The normalized spacial score (nSPS) is 10.9. The van der Waals surface area contributed by atoms with Gasteiger partial charge in [-0.25, -0.2) is 23.5 Å². The molecule has 20 heavy (non-hydrogen) atoms. The molecule has 0 spiro atoms. The number of rotatable bonds is 2. The molecule has 0 aliphatic carbocycles. The van der Waals surface area contributed by atoms with Crippen molar-refractivity contribution >= 4 is 17.1 Å². The molecule has 0 saturated carbocycles. The van der Waals surface area contributed by atoms with Gasteiger partial charge in [-0.05, 0) is 18.2 Å². The third-order valence-corrected chi connectivity index (χ3v) is 2.82. The first-order chi connectivity index (χ1) is 9.58. The number of carboxylic acids is 1. The van der Waals surface area contributed by atoms with Gasteiger partial charge in [-0.1, -0.05) is 6.07 Å². The van der Waals surface area contributed by atoms with Gasteiger partial charge in [-0.3, -0.25) is 0 Å². The highest BCUT2D eigenvalue weighted by Gasteiger charge is 2.18. The molecule has 2 aromatic heterocycles. The van der Waals surface area contributed by atoms with Crippen molar-refractivity contribution in [3.63, 3.8) is 0 Å². The van der Waals surface area contributed by atoms with E-state index >= 15 is 0 Å². The Kier molecular flexibility index (Phi) is 2.67. The van der Waals surface area contributed by atoms with Crippen molar-refractivity contribution in [3.8, 4) is 11.4 Å². The van der Waals surface area contributed by atoms with Gasteiger partial charge in [0.15, 0.2) is 5.65 Å². The number of nitrogens with zero attached hydrogens (tertiary/aromatic N) is 2. The molecule has 0 unspecified atom stereocenters. The van der Waals surface area contributed by atoms with Gasteiger partial charge in [-0.2, -0.15) is 0 Å². The zero-order valence-electron chi connectivity index (χ0n) is 9.89. The smallest absolute Gasteiger partial charge is 0.338 e. The van der Waals surface area contributed by atoms with Crippen LogP contribution in [0.15, 0.2) is 30.5 Å². The zero-order chi connectivity index (χ0) is 14.3. The first-order valence-corrected chi connectivity index (χ1v) is 5.60. The van der Waals surface area contributed by atoms with E-state index in [-0.39, 0.29) is 28.1 Å². The maximum Gasteiger partial charge on any atom is 0.338 e. The number of carbonyl (C=O) groups is 1. The van der Waals surface area contributed by atoms with Gasteiger partial charge in [0.1, 0.15) is 17.5 Å². The molecule has 0 amide bonds. The molecule has 0 atom stereocenters. The quantitative estimate of drug-likeness (QED) is 0.753. The van der Waals surface area contributed by atoms with Gasteiger partial charge in [-0.15, -0.1) is 0 Å². The minimum absolute atomic E-state index is 0.0644. The number of H-pyrrole nitrogens is 1. The number of fused-ring (bicyclic) bond motifs is 1. The number of halogens is 2. The summed E-state index contributed by atoms with van der Waals surface area (Å²) in [7, 11) is 0. The number of nitrogens with one attached hydrogen (secondary N) is 1. The number of imidazole rings is 1. The zero-order valence-corrected chi connectivity index (χ0v) is 9.89. The molecular weight excluding hydrogens is 268 g/mol. The Labute approximate surface area is 110 Å². The molecule has 0 aliphatic rings. The van der Waals surface area contributed by atoms with E-state index in [1.165, 1.54) is 18.3 Å². The summed E-state index contributed by atoms with van der Waals surface area (Å²) in [6, 6.07) is 4.70. The Hall–Kier alpha value is -2.83. The molecule has 5 nitrogen and oxygen atoms in total. The summed E-state index contributed by atoms with van der Waals surface area (Å²) in [5, 5.41) is 9.05. The third kappa shape index (κ3) is 1.80. The first-order valence-electron chi connectivity index (χ1n) is 5.60. The average molecular weight is 275 g/mol. The topological polar surface area (TPSA) is 78.9 Å². The van der Waals surface area contributed by atoms with Crippen LogP contribution in [0.1, 0.15) is 10.4 Å². The summed E-state index contributed by atoms with van der Waals surface area (Å²) in [6.07, 6.45) is 1.27. The molecule has 3 aromatic rings. The largest absolute Gasteiger partial charge is 0.478 e. The van der Waals surface area contributed by atoms with Crippen molar-refractivity contribution in [2.45, 2.75) is 0 Å². The Balaban J connectivity index is 2.29. The van der Waals surface area contributed by atoms with E-state index in [0.29, 0.717) is 0 Å². The highest BCUT2D eigenvalue weighted by molar-refractivity contribution is 6.00. The molecule has 1 aromatic carbocycles. The summed E-state index contributed by atoms with van der Waals surface area (Å²) in [6.45, 7) is 0. The van der Waals surface area contributed by atoms with Gasteiger partial charge in [0.25, 0.3) is 0 Å². The number of aromatic nitrogens is 3. The van der Waals surface area contributed by atoms with Crippen LogP contribution in [-0.2, 0) is 0 Å².